The van der Waals surface area contributed by atoms with E-state index in [9.17, 15) is 12.8 Å². The lowest BCUT2D eigenvalue weighted by Gasteiger charge is -2.16. The minimum atomic E-state index is -3.70. The zero-order chi connectivity index (χ0) is 14.8. The normalized spacial score (nSPS) is 13.3. The molecule has 20 heavy (non-hydrogen) atoms. The molecule has 2 aromatic rings. The maximum Gasteiger partial charge on any atom is 0.242 e. The summed E-state index contributed by atoms with van der Waals surface area (Å²) in [6.45, 7) is 1.91. The van der Waals surface area contributed by atoms with E-state index in [2.05, 4.69) is 20.7 Å². The first-order chi connectivity index (χ1) is 9.44. The van der Waals surface area contributed by atoms with Crippen molar-refractivity contribution < 1.29 is 12.8 Å². The fraction of sp³-hybridized carbons (Fsp3) is 0.231. The van der Waals surface area contributed by atoms with E-state index in [1.54, 1.807) is 0 Å². The molecule has 1 aromatic heterocycles. The number of nitrogens with one attached hydrogen (secondary N) is 1. The van der Waals surface area contributed by atoms with Gasteiger partial charge in [-0.05, 0) is 52.0 Å². The molecule has 0 radical (unpaired) electrons. The van der Waals surface area contributed by atoms with Crippen molar-refractivity contribution in [3.8, 4) is 0 Å². The Balaban J connectivity index is 2.31. The molecular weight excluding hydrogens is 365 g/mol. The first-order valence-corrected chi connectivity index (χ1v) is 9.10. The van der Waals surface area contributed by atoms with Crippen LogP contribution in [0.2, 0.25) is 0 Å². The summed E-state index contributed by atoms with van der Waals surface area (Å²) in [6.07, 6.45) is 0.637. The van der Waals surface area contributed by atoms with Crippen molar-refractivity contribution in [3.05, 3.63) is 50.9 Å². The average molecular weight is 378 g/mol. The lowest BCUT2D eigenvalue weighted by atomic mass is 10.2. The molecule has 1 heterocycles. The smallest absolute Gasteiger partial charge is 0.207 e. The molecule has 0 aliphatic rings. The van der Waals surface area contributed by atoms with Crippen molar-refractivity contribution in [1.82, 2.24) is 4.72 Å². The van der Waals surface area contributed by atoms with Crippen LogP contribution < -0.4 is 4.72 Å². The van der Waals surface area contributed by atoms with Crippen molar-refractivity contribution in [2.45, 2.75) is 24.3 Å². The minimum absolute atomic E-state index is 0.0360. The quantitative estimate of drug-likeness (QED) is 0.852. The first-order valence-electron chi connectivity index (χ1n) is 5.95. The van der Waals surface area contributed by atoms with Crippen LogP contribution in [0.25, 0.3) is 0 Å². The van der Waals surface area contributed by atoms with E-state index in [1.807, 2.05) is 24.4 Å². The Bertz CT molecular complexity index is 686. The predicted octanol–water partition coefficient (Wildman–Crippen LogP) is 4.08. The third-order valence-corrected chi connectivity index (χ3v) is 6.21. The monoisotopic (exact) mass is 377 g/mol. The highest BCUT2D eigenvalue weighted by molar-refractivity contribution is 9.10. The summed E-state index contributed by atoms with van der Waals surface area (Å²) in [5, 5.41) is 1.90. The lowest BCUT2D eigenvalue weighted by Crippen LogP contribution is -2.28. The van der Waals surface area contributed by atoms with Crippen LogP contribution in [0.15, 0.2) is 45.1 Å². The zero-order valence-corrected chi connectivity index (χ0v) is 13.9. The summed E-state index contributed by atoms with van der Waals surface area (Å²) in [4.78, 5) is 0.989. The van der Waals surface area contributed by atoms with Crippen LogP contribution in [-0.2, 0) is 10.0 Å². The number of rotatable bonds is 5. The molecule has 7 heteroatoms. The van der Waals surface area contributed by atoms with Crippen molar-refractivity contribution in [2.24, 2.45) is 0 Å². The van der Waals surface area contributed by atoms with Crippen molar-refractivity contribution in [3.63, 3.8) is 0 Å². The Labute approximate surface area is 130 Å². The molecule has 0 spiro atoms. The number of sulfonamides is 1. The minimum Gasteiger partial charge on any atom is -0.207 e. The van der Waals surface area contributed by atoms with E-state index in [0.717, 1.165) is 17.0 Å². The van der Waals surface area contributed by atoms with E-state index in [4.69, 9.17) is 0 Å². The Morgan fingerprint density at radius 2 is 2.15 bits per heavy atom. The fourth-order valence-corrected chi connectivity index (χ4v) is 5.06. The van der Waals surface area contributed by atoms with Gasteiger partial charge in [0.15, 0.2) is 0 Å². The van der Waals surface area contributed by atoms with E-state index in [1.165, 1.54) is 17.4 Å². The van der Waals surface area contributed by atoms with Crippen molar-refractivity contribution in [1.29, 1.82) is 0 Å². The van der Waals surface area contributed by atoms with Gasteiger partial charge in [0, 0.05) is 9.35 Å². The summed E-state index contributed by atoms with van der Waals surface area (Å²) < 4.78 is 40.6. The van der Waals surface area contributed by atoms with E-state index >= 15 is 0 Å². The Morgan fingerprint density at radius 3 is 2.70 bits per heavy atom. The van der Waals surface area contributed by atoms with E-state index < -0.39 is 15.8 Å². The molecule has 0 aliphatic heterocycles. The van der Waals surface area contributed by atoms with Crippen molar-refractivity contribution >= 4 is 37.3 Å². The maximum absolute atomic E-state index is 13.0. The van der Waals surface area contributed by atoms with Gasteiger partial charge in [-0.25, -0.2) is 17.5 Å². The molecule has 0 saturated heterocycles. The maximum atomic E-state index is 13.0. The summed E-state index contributed by atoms with van der Waals surface area (Å²) in [5.41, 5.74) is 0. The predicted molar refractivity (Wildman–Crippen MR) is 81.8 cm³/mol. The van der Waals surface area contributed by atoms with Crippen LogP contribution in [-0.4, -0.2) is 8.42 Å². The van der Waals surface area contributed by atoms with Crippen LogP contribution in [0.3, 0.4) is 0 Å². The average Bonchev–Trinajstić information content (AvgIpc) is 2.89. The van der Waals surface area contributed by atoms with Gasteiger partial charge in [-0.1, -0.05) is 13.0 Å². The molecule has 2 rings (SSSR count). The molecule has 1 unspecified atom stereocenters. The van der Waals surface area contributed by atoms with Crippen LogP contribution in [0, 0.1) is 5.82 Å². The largest absolute Gasteiger partial charge is 0.242 e. The molecule has 3 nitrogen and oxygen atoms in total. The lowest BCUT2D eigenvalue weighted by molar-refractivity contribution is 0.552. The van der Waals surface area contributed by atoms with Gasteiger partial charge in [-0.2, -0.15) is 0 Å². The molecule has 0 saturated carbocycles. The highest BCUT2D eigenvalue weighted by Crippen LogP contribution is 2.27. The first kappa shape index (κ1) is 15.6. The summed E-state index contributed by atoms with van der Waals surface area (Å²) in [6, 6.07) is 7.01. The van der Waals surface area contributed by atoms with Gasteiger partial charge in [0.05, 0.1) is 10.9 Å². The molecule has 108 valence electrons. The Hall–Kier alpha value is -0.760. The second kappa shape index (κ2) is 6.34. The highest BCUT2D eigenvalue weighted by Gasteiger charge is 2.23. The molecule has 1 atom stereocenters. The van der Waals surface area contributed by atoms with Gasteiger partial charge in [-0.3, -0.25) is 0 Å². The van der Waals surface area contributed by atoms with Gasteiger partial charge < -0.3 is 0 Å². The fourth-order valence-electron chi connectivity index (χ4n) is 1.78. The third kappa shape index (κ3) is 3.46. The highest BCUT2D eigenvalue weighted by atomic mass is 79.9. The van der Waals surface area contributed by atoms with Gasteiger partial charge >= 0.3 is 0 Å². The SMILES string of the molecule is CCC(NS(=O)(=O)c1ccc(F)cc1Br)c1cccs1. The van der Waals surface area contributed by atoms with E-state index in [0.29, 0.717) is 6.42 Å². The third-order valence-electron chi connectivity index (χ3n) is 2.78. The zero-order valence-electron chi connectivity index (χ0n) is 10.6. The molecule has 0 bridgehead atoms. The van der Waals surface area contributed by atoms with Crippen molar-refractivity contribution in [2.75, 3.05) is 0 Å². The summed E-state index contributed by atoms with van der Waals surface area (Å²) >= 11 is 4.59. The number of hydrogen-bond donors (Lipinski definition) is 1. The molecule has 0 fully saturated rings. The number of halogens is 2. The Kier molecular flexibility index (Phi) is 4.95. The van der Waals surface area contributed by atoms with Crippen LogP contribution in [0.1, 0.15) is 24.3 Å². The van der Waals surface area contributed by atoms with Gasteiger partial charge in [0.1, 0.15) is 5.82 Å². The van der Waals surface area contributed by atoms with Gasteiger partial charge in [-0.15, -0.1) is 11.3 Å². The summed E-state index contributed by atoms with van der Waals surface area (Å²) in [5.74, 6) is -0.485. The molecule has 0 aliphatic carbocycles. The second-order valence-corrected chi connectivity index (χ2v) is 7.69. The molecular formula is C13H13BrFNO2S2. The van der Waals surface area contributed by atoms with Crippen LogP contribution in [0.4, 0.5) is 4.39 Å². The van der Waals surface area contributed by atoms with Crippen LogP contribution in [0.5, 0.6) is 0 Å². The topological polar surface area (TPSA) is 46.2 Å². The molecule has 0 amide bonds. The standard InChI is InChI=1S/C13H13BrFNO2S2/c1-2-11(12-4-3-7-19-12)16-20(17,18)13-6-5-9(15)8-10(13)14/h3-8,11,16H,2H2,1H3. The van der Waals surface area contributed by atoms with Gasteiger partial charge in [0.2, 0.25) is 10.0 Å². The Morgan fingerprint density at radius 1 is 1.40 bits per heavy atom. The molecule has 1 N–H and O–H groups in total. The number of hydrogen-bond acceptors (Lipinski definition) is 3. The van der Waals surface area contributed by atoms with Crippen LogP contribution >= 0.6 is 27.3 Å². The van der Waals surface area contributed by atoms with Gasteiger partial charge in [0.25, 0.3) is 0 Å². The summed E-state index contributed by atoms with van der Waals surface area (Å²) in [7, 11) is -3.70. The molecule has 1 aromatic carbocycles. The second-order valence-electron chi connectivity index (χ2n) is 4.17. The number of benzene rings is 1. The van der Waals surface area contributed by atoms with E-state index in [-0.39, 0.29) is 15.4 Å². The number of thiophene rings is 1.